The molecule has 2 rings (SSSR count). The van der Waals surface area contributed by atoms with E-state index in [2.05, 4.69) is 27.9 Å². The molecule has 0 aliphatic rings. The fourth-order valence-corrected chi connectivity index (χ4v) is 2.60. The molecule has 0 saturated carbocycles. The standard InChI is InChI=1S/C14H10Cl2INO/c1-8-4-9(6-10(15)5-8)14(19)18-13-7-11(17)2-3-12(13)16/h2-7H,1H3,(H,18,19). The Kier molecular flexibility index (Phi) is 4.71. The highest BCUT2D eigenvalue weighted by molar-refractivity contribution is 14.1. The van der Waals surface area contributed by atoms with E-state index in [-0.39, 0.29) is 5.91 Å². The number of halogens is 3. The van der Waals surface area contributed by atoms with Crippen LogP contribution in [0.1, 0.15) is 15.9 Å². The summed E-state index contributed by atoms with van der Waals surface area (Å²) in [5.41, 5.74) is 2.04. The Hall–Kier alpha value is -0.780. The van der Waals surface area contributed by atoms with Gasteiger partial charge in [0, 0.05) is 14.2 Å². The van der Waals surface area contributed by atoms with Crippen molar-refractivity contribution in [3.63, 3.8) is 0 Å². The molecule has 1 amide bonds. The minimum absolute atomic E-state index is 0.227. The zero-order chi connectivity index (χ0) is 14.0. The van der Waals surface area contributed by atoms with E-state index in [1.807, 2.05) is 19.1 Å². The number of amides is 1. The summed E-state index contributed by atoms with van der Waals surface area (Å²) in [4.78, 5) is 12.2. The number of hydrogen-bond donors (Lipinski definition) is 1. The quantitative estimate of drug-likeness (QED) is 0.687. The number of carbonyl (C=O) groups is 1. The second kappa shape index (κ2) is 6.11. The maximum atomic E-state index is 12.2. The maximum absolute atomic E-state index is 12.2. The molecule has 0 heterocycles. The first-order chi connectivity index (χ1) is 8.95. The zero-order valence-electron chi connectivity index (χ0n) is 10.0. The topological polar surface area (TPSA) is 29.1 Å². The number of anilines is 1. The zero-order valence-corrected chi connectivity index (χ0v) is 13.7. The largest absolute Gasteiger partial charge is 0.321 e. The van der Waals surface area contributed by atoms with Gasteiger partial charge in [-0.15, -0.1) is 0 Å². The maximum Gasteiger partial charge on any atom is 0.255 e. The Labute approximate surface area is 135 Å². The van der Waals surface area contributed by atoms with Gasteiger partial charge in [-0.1, -0.05) is 23.2 Å². The van der Waals surface area contributed by atoms with Gasteiger partial charge in [-0.25, -0.2) is 0 Å². The summed E-state index contributed by atoms with van der Waals surface area (Å²) in [6, 6.07) is 10.7. The van der Waals surface area contributed by atoms with E-state index in [1.54, 1.807) is 24.3 Å². The molecule has 5 heteroatoms. The lowest BCUT2D eigenvalue weighted by atomic mass is 10.1. The third-order valence-corrected chi connectivity index (χ3v) is 3.70. The summed E-state index contributed by atoms with van der Waals surface area (Å²) in [5, 5.41) is 3.84. The van der Waals surface area contributed by atoms with Crippen LogP contribution in [0.4, 0.5) is 5.69 Å². The molecule has 0 unspecified atom stereocenters. The summed E-state index contributed by atoms with van der Waals surface area (Å²) in [7, 11) is 0. The van der Waals surface area contributed by atoms with Crippen LogP contribution in [0.2, 0.25) is 10.0 Å². The van der Waals surface area contributed by atoms with Crippen LogP contribution in [-0.2, 0) is 0 Å². The molecule has 0 aromatic heterocycles. The van der Waals surface area contributed by atoms with Gasteiger partial charge >= 0.3 is 0 Å². The fourth-order valence-electron chi connectivity index (χ4n) is 1.66. The van der Waals surface area contributed by atoms with Gasteiger partial charge in [0.15, 0.2) is 0 Å². The highest BCUT2D eigenvalue weighted by Gasteiger charge is 2.10. The monoisotopic (exact) mass is 405 g/mol. The predicted octanol–water partition coefficient (Wildman–Crippen LogP) is 5.16. The van der Waals surface area contributed by atoms with E-state index in [9.17, 15) is 4.79 Å². The molecular weight excluding hydrogens is 396 g/mol. The van der Waals surface area contributed by atoms with Gasteiger partial charge in [0.1, 0.15) is 0 Å². The summed E-state index contributed by atoms with van der Waals surface area (Å²) in [5.74, 6) is -0.227. The van der Waals surface area contributed by atoms with Crippen molar-refractivity contribution in [3.8, 4) is 0 Å². The molecule has 98 valence electrons. The average molecular weight is 406 g/mol. The first-order valence-corrected chi connectivity index (χ1v) is 7.33. The third-order valence-electron chi connectivity index (χ3n) is 2.48. The van der Waals surface area contributed by atoms with E-state index in [0.717, 1.165) is 9.13 Å². The molecule has 0 atom stereocenters. The average Bonchev–Trinajstić information content (AvgIpc) is 2.32. The minimum Gasteiger partial charge on any atom is -0.321 e. The molecule has 2 aromatic rings. The number of hydrogen-bond acceptors (Lipinski definition) is 1. The van der Waals surface area contributed by atoms with E-state index >= 15 is 0 Å². The number of aryl methyl sites for hydroxylation is 1. The lowest BCUT2D eigenvalue weighted by Crippen LogP contribution is -2.12. The van der Waals surface area contributed by atoms with Gasteiger partial charge in [-0.05, 0) is 71.5 Å². The van der Waals surface area contributed by atoms with Crippen molar-refractivity contribution in [2.45, 2.75) is 6.92 Å². The van der Waals surface area contributed by atoms with Crippen molar-refractivity contribution in [1.82, 2.24) is 0 Å². The highest BCUT2D eigenvalue weighted by atomic mass is 127. The van der Waals surface area contributed by atoms with Gasteiger partial charge in [-0.2, -0.15) is 0 Å². The number of rotatable bonds is 2. The Morgan fingerprint density at radius 2 is 1.89 bits per heavy atom. The number of nitrogens with one attached hydrogen (secondary N) is 1. The number of benzene rings is 2. The second-order valence-corrected chi connectivity index (χ2v) is 6.18. The summed E-state index contributed by atoms with van der Waals surface area (Å²) in [6.07, 6.45) is 0. The Morgan fingerprint density at radius 3 is 2.58 bits per heavy atom. The van der Waals surface area contributed by atoms with Crippen molar-refractivity contribution in [3.05, 3.63) is 61.1 Å². The molecule has 0 aliphatic heterocycles. The Balaban J connectivity index is 2.28. The SMILES string of the molecule is Cc1cc(Cl)cc(C(=O)Nc2cc(I)ccc2Cl)c1. The van der Waals surface area contributed by atoms with Gasteiger partial charge in [-0.3, -0.25) is 4.79 Å². The Morgan fingerprint density at radius 1 is 1.16 bits per heavy atom. The molecule has 0 bridgehead atoms. The minimum atomic E-state index is -0.227. The molecule has 0 spiro atoms. The van der Waals surface area contributed by atoms with Crippen LogP contribution in [-0.4, -0.2) is 5.91 Å². The summed E-state index contributed by atoms with van der Waals surface area (Å²) >= 11 is 14.2. The van der Waals surface area contributed by atoms with E-state index in [4.69, 9.17) is 23.2 Å². The van der Waals surface area contributed by atoms with Crippen LogP contribution in [0.25, 0.3) is 0 Å². The molecule has 19 heavy (non-hydrogen) atoms. The molecule has 2 aromatic carbocycles. The molecular formula is C14H10Cl2INO. The van der Waals surface area contributed by atoms with Gasteiger partial charge < -0.3 is 5.32 Å². The second-order valence-electron chi connectivity index (χ2n) is 4.10. The lowest BCUT2D eigenvalue weighted by Gasteiger charge is -2.08. The summed E-state index contributed by atoms with van der Waals surface area (Å²) in [6.45, 7) is 1.89. The van der Waals surface area contributed by atoms with E-state index in [0.29, 0.717) is 21.3 Å². The summed E-state index contributed by atoms with van der Waals surface area (Å²) < 4.78 is 1.000. The van der Waals surface area contributed by atoms with Crippen LogP contribution in [0, 0.1) is 10.5 Å². The van der Waals surface area contributed by atoms with Crippen LogP contribution >= 0.6 is 45.8 Å². The van der Waals surface area contributed by atoms with Crippen molar-refractivity contribution in [2.24, 2.45) is 0 Å². The van der Waals surface area contributed by atoms with Crippen LogP contribution < -0.4 is 5.32 Å². The molecule has 1 N–H and O–H groups in total. The normalized spacial score (nSPS) is 10.3. The van der Waals surface area contributed by atoms with Crippen molar-refractivity contribution in [1.29, 1.82) is 0 Å². The highest BCUT2D eigenvalue weighted by Crippen LogP contribution is 2.25. The van der Waals surface area contributed by atoms with Gasteiger partial charge in [0.05, 0.1) is 10.7 Å². The van der Waals surface area contributed by atoms with Crippen LogP contribution in [0.3, 0.4) is 0 Å². The van der Waals surface area contributed by atoms with Crippen molar-refractivity contribution < 1.29 is 4.79 Å². The smallest absolute Gasteiger partial charge is 0.255 e. The first-order valence-electron chi connectivity index (χ1n) is 5.49. The van der Waals surface area contributed by atoms with Gasteiger partial charge in [0.25, 0.3) is 5.91 Å². The van der Waals surface area contributed by atoms with Crippen molar-refractivity contribution >= 4 is 57.4 Å². The molecule has 2 nitrogen and oxygen atoms in total. The van der Waals surface area contributed by atoms with Crippen LogP contribution in [0.5, 0.6) is 0 Å². The third kappa shape index (κ3) is 3.84. The Bertz CT molecular complexity index is 623. The molecule has 0 saturated heterocycles. The van der Waals surface area contributed by atoms with E-state index < -0.39 is 0 Å². The van der Waals surface area contributed by atoms with E-state index in [1.165, 1.54) is 0 Å². The van der Waals surface area contributed by atoms with Crippen LogP contribution in [0.15, 0.2) is 36.4 Å². The molecule has 0 radical (unpaired) electrons. The molecule has 0 fully saturated rings. The van der Waals surface area contributed by atoms with Gasteiger partial charge in [0.2, 0.25) is 0 Å². The lowest BCUT2D eigenvalue weighted by molar-refractivity contribution is 0.102. The fraction of sp³-hybridized carbons (Fsp3) is 0.0714. The number of carbonyl (C=O) groups excluding carboxylic acids is 1. The molecule has 0 aliphatic carbocycles. The first kappa shape index (κ1) is 14.6. The predicted molar refractivity (Wildman–Crippen MR) is 88.3 cm³/mol. The van der Waals surface area contributed by atoms with Crippen molar-refractivity contribution in [2.75, 3.05) is 5.32 Å².